The molecule has 0 aromatic heterocycles. The normalized spacial score (nSPS) is 18.3. The fraction of sp³-hybridized carbons (Fsp3) is 0.417. The van der Waals surface area contributed by atoms with Gasteiger partial charge < -0.3 is 0 Å². The summed E-state index contributed by atoms with van der Waals surface area (Å²) in [6.45, 7) is 0. The van der Waals surface area contributed by atoms with Crippen LogP contribution in [0.2, 0.25) is 0 Å². The molecule has 0 spiro atoms. The molecule has 0 aliphatic heterocycles. The van der Waals surface area contributed by atoms with Crippen LogP contribution in [0.4, 0.5) is 17.6 Å². The van der Waals surface area contributed by atoms with Gasteiger partial charge in [0.25, 0.3) is 0 Å². The number of rotatable bonds is 1. The molecule has 1 fully saturated rings. The predicted molar refractivity (Wildman–Crippen MR) is 52.5 cm³/mol. The van der Waals surface area contributed by atoms with Gasteiger partial charge in [0.2, 0.25) is 0 Å². The number of hydrogen-bond donors (Lipinski definition) is 0. The molecule has 0 N–H and O–H groups in total. The molecule has 0 unspecified atom stereocenters. The second-order valence-electron chi connectivity index (χ2n) is 4.21. The fourth-order valence-electron chi connectivity index (χ4n) is 2.09. The van der Waals surface area contributed by atoms with Crippen molar-refractivity contribution in [2.24, 2.45) is 0 Å². The summed E-state index contributed by atoms with van der Waals surface area (Å²) < 4.78 is 51.4. The first-order valence-electron chi connectivity index (χ1n) is 5.18. The third kappa shape index (κ3) is 1.78. The minimum absolute atomic E-state index is 0.124. The van der Waals surface area contributed by atoms with E-state index in [1.807, 2.05) is 6.07 Å². The van der Waals surface area contributed by atoms with Gasteiger partial charge in [0.05, 0.1) is 17.0 Å². The van der Waals surface area contributed by atoms with Crippen molar-refractivity contribution < 1.29 is 17.6 Å². The smallest absolute Gasteiger partial charge is 0.206 e. The van der Waals surface area contributed by atoms with Crippen LogP contribution in [0.1, 0.15) is 30.4 Å². The lowest BCUT2D eigenvalue weighted by molar-refractivity contribution is -0.140. The molecule has 17 heavy (non-hydrogen) atoms. The molecule has 0 radical (unpaired) electrons. The van der Waals surface area contributed by atoms with Gasteiger partial charge in [-0.15, -0.1) is 0 Å². The number of nitrogens with zero attached hydrogens (tertiary/aromatic N) is 1. The van der Waals surface area contributed by atoms with Gasteiger partial charge in [0, 0.05) is 5.56 Å². The highest BCUT2D eigenvalue weighted by Crippen LogP contribution is 2.45. The average molecular weight is 243 g/mol. The second kappa shape index (κ2) is 3.73. The lowest BCUT2D eigenvalue weighted by atomic mass is 9.65. The van der Waals surface area contributed by atoms with Crippen LogP contribution < -0.4 is 0 Å². The van der Waals surface area contributed by atoms with Crippen molar-refractivity contribution in [3.8, 4) is 6.07 Å². The summed E-state index contributed by atoms with van der Waals surface area (Å²) in [5, 5.41) is 9.01. The zero-order chi connectivity index (χ0) is 12.7. The monoisotopic (exact) mass is 243 g/mol. The SMILES string of the molecule is N#CC1(c2cccc(C(F)(F)F)c2F)CCC1. The maximum atomic E-state index is 13.8. The van der Waals surface area contributed by atoms with Gasteiger partial charge in [0.1, 0.15) is 5.82 Å². The molecule has 1 saturated carbocycles. The molecule has 1 aliphatic carbocycles. The standard InChI is InChI=1S/C12H9F4N/c13-10-8(11(7-17)5-2-6-11)3-1-4-9(10)12(14,15)16/h1,3-4H,2,5-6H2. The molecule has 0 saturated heterocycles. The average Bonchev–Trinajstić information content (AvgIpc) is 2.17. The summed E-state index contributed by atoms with van der Waals surface area (Å²) >= 11 is 0. The highest BCUT2D eigenvalue weighted by Gasteiger charge is 2.44. The second-order valence-corrected chi connectivity index (χ2v) is 4.21. The lowest BCUT2D eigenvalue weighted by Gasteiger charge is -2.36. The number of hydrogen-bond acceptors (Lipinski definition) is 1. The Kier molecular flexibility index (Phi) is 2.61. The Labute approximate surface area is 95.7 Å². The first-order chi connectivity index (χ1) is 7.91. The zero-order valence-electron chi connectivity index (χ0n) is 8.81. The number of alkyl halides is 3. The van der Waals surface area contributed by atoms with Gasteiger partial charge in [-0.25, -0.2) is 4.39 Å². The highest BCUT2D eigenvalue weighted by molar-refractivity contribution is 5.40. The van der Waals surface area contributed by atoms with E-state index in [1.54, 1.807) is 0 Å². The van der Waals surface area contributed by atoms with Crippen LogP contribution >= 0.6 is 0 Å². The van der Waals surface area contributed by atoms with Crippen LogP contribution in [-0.2, 0) is 11.6 Å². The van der Waals surface area contributed by atoms with Gasteiger partial charge in [0.15, 0.2) is 0 Å². The fourth-order valence-corrected chi connectivity index (χ4v) is 2.09. The van der Waals surface area contributed by atoms with Gasteiger partial charge in [-0.1, -0.05) is 12.1 Å². The van der Waals surface area contributed by atoms with Crippen LogP contribution in [0.5, 0.6) is 0 Å². The summed E-state index contributed by atoms with van der Waals surface area (Å²) in [6.07, 6.45) is -3.15. The van der Waals surface area contributed by atoms with Gasteiger partial charge >= 0.3 is 6.18 Å². The molecule has 90 valence electrons. The number of benzene rings is 1. The van der Waals surface area contributed by atoms with Crippen molar-refractivity contribution in [3.05, 3.63) is 35.1 Å². The van der Waals surface area contributed by atoms with Crippen LogP contribution in [0, 0.1) is 17.1 Å². The van der Waals surface area contributed by atoms with Gasteiger partial charge in [-0.05, 0) is 25.3 Å². The van der Waals surface area contributed by atoms with Crippen LogP contribution in [-0.4, -0.2) is 0 Å². The number of nitriles is 1. The van der Waals surface area contributed by atoms with Crippen molar-refractivity contribution in [2.75, 3.05) is 0 Å². The Morgan fingerprint density at radius 3 is 2.29 bits per heavy atom. The topological polar surface area (TPSA) is 23.8 Å². The first-order valence-corrected chi connectivity index (χ1v) is 5.18. The maximum Gasteiger partial charge on any atom is 0.419 e. The van der Waals surface area contributed by atoms with Crippen LogP contribution in [0.3, 0.4) is 0 Å². The van der Waals surface area contributed by atoms with Crippen molar-refractivity contribution in [1.82, 2.24) is 0 Å². The van der Waals surface area contributed by atoms with Gasteiger partial charge in [-0.2, -0.15) is 18.4 Å². The molecule has 5 heteroatoms. The van der Waals surface area contributed by atoms with E-state index in [2.05, 4.69) is 0 Å². The summed E-state index contributed by atoms with van der Waals surface area (Å²) in [6, 6.07) is 5.06. The first kappa shape index (κ1) is 11.9. The Morgan fingerprint density at radius 2 is 1.88 bits per heavy atom. The van der Waals surface area contributed by atoms with Crippen molar-refractivity contribution in [3.63, 3.8) is 0 Å². The van der Waals surface area contributed by atoms with Crippen LogP contribution in [0.25, 0.3) is 0 Å². The maximum absolute atomic E-state index is 13.8. The largest absolute Gasteiger partial charge is 0.419 e. The van der Waals surface area contributed by atoms with E-state index in [-0.39, 0.29) is 5.56 Å². The minimum Gasteiger partial charge on any atom is -0.206 e. The van der Waals surface area contributed by atoms with E-state index < -0.39 is 23.0 Å². The van der Waals surface area contributed by atoms with Gasteiger partial charge in [-0.3, -0.25) is 0 Å². The molecule has 0 atom stereocenters. The van der Waals surface area contributed by atoms with Crippen molar-refractivity contribution >= 4 is 0 Å². The van der Waals surface area contributed by atoms with E-state index in [0.717, 1.165) is 12.5 Å². The Balaban J connectivity index is 2.55. The third-order valence-electron chi connectivity index (χ3n) is 3.24. The molecule has 1 aromatic rings. The Bertz CT molecular complexity index is 480. The molecule has 1 aromatic carbocycles. The minimum atomic E-state index is -4.72. The highest BCUT2D eigenvalue weighted by atomic mass is 19.4. The zero-order valence-corrected chi connectivity index (χ0v) is 8.81. The van der Waals surface area contributed by atoms with E-state index in [1.165, 1.54) is 6.07 Å². The van der Waals surface area contributed by atoms with Crippen LogP contribution in [0.15, 0.2) is 18.2 Å². The molecule has 0 heterocycles. The molecule has 0 amide bonds. The molecular formula is C12H9F4N. The van der Waals surface area contributed by atoms with E-state index in [0.29, 0.717) is 18.9 Å². The Hall–Kier alpha value is -1.57. The van der Waals surface area contributed by atoms with Crippen molar-refractivity contribution in [2.45, 2.75) is 30.9 Å². The molecular weight excluding hydrogens is 234 g/mol. The quantitative estimate of drug-likeness (QED) is 0.688. The molecule has 2 rings (SSSR count). The summed E-state index contributed by atoms with van der Waals surface area (Å²) in [5.41, 5.74) is -2.48. The third-order valence-corrected chi connectivity index (χ3v) is 3.24. The molecule has 1 aliphatic rings. The summed E-state index contributed by atoms with van der Waals surface area (Å²) in [4.78, 5) is 0. The summed E-state index contributed by atoms with van der Waals surface area (Å²) in [5.74, 6) is -1.30. The van der Waals surface area contributed by atoms with E-state index in [9.17, 15) is 17.6 Å². The Morgan fingerprint density at radius 1 is 1.24 bits per heavy atom. The lowest BCUT2D eigenvalue weighted by Crippen LogP contribution is -2.34. The molecule has 0 bridgehead atoms. The van der Waals surface area contributed by atoms with E-state index >= 15 is 0 Å². The predicted octanol–water partition coefficient (Wildman–Crippen LogP) is 3.79. The number of halogens is 4. The summed E-state index contributed by atoms with van der Waals surface area (Å²) in [7, 11) is 0. The van der Waals surface area contributed by atoms with Crippen molar-refractivity contribution in [1.29, 1.82) is 5.26 Å². The van der Waals surface area contributed by atoms with E-state index in [4.69, 9.17) is 5.26 Å². The molecule has 1 nitrogen and oxygen atoms in total.